The maximum absolute atomic E-state index is 9.01. The summed E-state index contributed by atoms with van der Waals surface area (Å²) < 4.78 is 10.8. The van der Waals surface area contributed by atoms with E-state index < -0.39 is 0 Å². The van der Waals surface area contributed by atoms with Crippen LogP contribution >= 0.6 is 0 Å². The van der Waals surface area contributed by atoms with Gasteiger partial charge in [-0.15, -0.1) is 0 Å². The monoisotopic (exact) mass is 247 g/mol. The second-order valence-corrected chi connectivity index (χ2v) is 4.37. The van der Waals surface area contributed by atoms with E-state index in [1.54, 1.807) is 20.4 Å². The zero-order valence-corrected chi connectivity index (χ0v) is 10.7. The van der Waals surface area contributed by atoms with Crippen molar-refractivity contribution in [1.82, 2.24) is 9.88 Å². The second kappa shape index (κ2) is 5.91. The van der Waals surface area contributed by atoms with Crippen molar-refractivity contribution in [3.8, 4) is 6.07 Å². The molecule has 1 saturated heterocycles. The fourth-order valence-corrected chi connectivity index (χ4v) is 2.31. The third kappa shape index (κ3) is 2.67. The lowest BCUT2D eigenvalue weighted by Gasteiger charge is -2.15. The molecule has 5 heteroatoms. The van der Waals surface area contributed by atoms with E-state index in [1.807, 2.05) is 12.1 Å². The number of nitrogens with zero attached hydrogens (tertiary/aromatic N) is 3. The second-order valence-electron chi connectivity index (χ2n) is 4.37. The Morgan fingerprint density at radius 2 is 2.06 bits per heavy atom. The van der Waals surface area contributed by atoms with Crippen LogP contribution in [0.25, 0.3) is 0 Å². The van der Waals surface area contributed by atoms with Gasteiger partial charge in [-0.05, 0) is 6.07 Å². The molecular weight excluding hydrogens is 230 g/mol. The highest BCUT2D eigenvalue weighted by atomic mass is 16.5. The van der Waals surface area contributed by atoms with Crippen LogP contribution in [-0.4, -0.2) is 49.4 Å². The number of hydrogen-bond donors (Lipinski definition) is 0. The molecule has 5 nitrogen and oxygen atoms in total. The van der Waals surface area contributed by atoms with Crippen molar-refractivity contribution < 1.29 is 9.47 Å². The Labute approximate surface area is 107 Å². The van der Waals surface area contributed by atoms with Gasteiger partial charge in [0.25, 0.3) is 0 Å². The minimum absolute atomic E-state index is 0.0946. The van der Waals surface area contributed by atoms with Gasteiger partial charge in [0.05, 0.1) is 12.2 Å². The molecule has 0 N–H and O–H groups in total. The Hall–Kier alpha value is -1.48. The molecule has 1 aliphatic heterocycles. The number of aromatic nitrogens is 1. The third-order valence-corrected chi connectivity index (χ3v) is 3.29. The predicted molar refractivity (Wildman–Crippen MR) is 65.8 cm³/mol. The Morgan fingerprint density at radius 3 is 2.61 bits per heavy atom. The minimum atomic E-state index is 0.0946. The highest BCUT2D eigenvalue weighted by Crippen LogP contribution is 2.19. The van der Waals surface area contributed by atoms with Crippen molar-refractivity contribution in [3.05, 3.63) is 29.6 Å². The van der Waals surface area contributed by atoms with Crippen molar-refractivity contribution in [1.29, 1.82) is 5.26 Å². The van der Waals surface area contributed by atoms with E-state index >= 15 is 0 Å². The smallest absolute Gasteiger partial charge is 0.144 e. The van der Waals surface area contributed by atoms with Crippen molar-refractivity contribution in [2.45, 2.75) is 18.8 Å². The van der Waals surface area contributed by atoms with Crippen LogP contribution in [0.1, 0.15) is 11.3 Å². The Morgan fingerprint density at radius 1 is 1.39 bits per heavy atom. The molecule has 1 aromatic rings. The van der Waals surface area contributed by atoms with Crippen molar-refractivity contribution in [3.63, 3.8) is 0 Å². The van der Waals surface area contributed by atoms with Gasteiger partial charge in [0, 0.05) is 45.6 Å². The van der Waals surface area contributed by atoms with Crippen LogP contribution in [0.5, 0.6) is 0 Å². The number of rotatable bonds is 4. The summed E-state index contributed by atoms with van der Waals surface area (Å²) in [6.07, 6.45) is 1.83. The lowest BCUT2D eigenvalue weighted by molar-refractivity contribution is -0.00461. The van der Waals surface area contributed by atoms with Crippen molar-refractivity contribution in [2.75, 3.05) is 27.3 Å². The lowest BCUT2D eigenvalue weighted by Crippen LogP contribution is -2.27. The van der Waals surface area contributed by atoms with Gasteiger partial charge in [0.15, 0.2) is 0 Å². The van der Waals surface area contributed by atoms with E-state index in [-0.39, 0.29) is 12.2 Å². The van der Waals surface area contributed by atoms with Crippen molar-refractivity contribution >= 4 is 0 Å². The van der Waals surface area contributed by atoms with E-state index in [2.05, 4.69) is 16.0 Å². The molecule has 2 unspecified atom stereocenters. The molecule has 18 heavy (non-hydrogen) atoms. The topological polar surface area (TPSA) is 58.4 Å². The fourth-order valence-electron chi connectivity index (χ4n) is 2.31. The molecule has 0 saturated carbocycles. The summed E-state index contributed by atoms with van der Waals surface area (Å²) in [7, 11) is 3.40. The molecule has 1 aliphatic rings. The average molecular weight is 247 g/mol. The highest BCUT2D eigenvalue weighted by Gasteiger charge is 2.32. The summed E-state index contributed by atoms with van der Waals surface area (Å²) >= 11 is 0. The molecule has 2 rings (SSSR count). The molecule has 2 heterocycles. The summed E-state index contributed by atoms with van der Waals surface area (Å²) in [5.74, 6) is 0. The van der Waals surface area contributed by atoms with E-state index in [0.717, 1.165) is 18.7 Å². The SMILES string of the molecule is COC1CN(Cc2cccnc2C#N)CC1OC. The standard InChI is InChI=1S/C13H17N3O2/c1-17-12-8-16(9-13(12)18-2)7-10-4-3-5-15-11(10)6-14/h3-5,12-13H,7-9H2,1-2H3. The van der Waals surface area contributed by atoms with Crippen LogP contribution < -0.4 is 0 Å². The van der Waals surface area contributed by atoms with E-state index in [9.17, 15) is 0 Å². The minimum Gasteiger partial charge on any atom is -0.377 e. The zero-order valence-electron chi connectivity index (χ0n) is 10.7. The molecule has 2 atom stereocenters. The maximum atomic E-state index is 9.01. The summed E-state index contributed by atoms with van der Waals surface area (Å²) in [6, 6.07) is 5.91. The van der Waals surface area contributed by atoms with Gasteiger partial charge >= 0.3 is 0 Å². The predicted octanol–water partition coefficient (Wildman–Crippen LogP) is 0.799. The van der Waals surface area contributed by atoms with Crippen LogP contribution in [0.2, 0.25) is 0 Å². The number of nitriles is 1. The first-order valence-corrected chi connectivity index (χ1v) is 5.90. The van der Waals surface area contributed by atoms with Crippen LogP contribution in [0.15, 0.2) is 18.3 Å². The molecular formula is C13H17N3O2. The number of likely N-dealkylation sites (tertiary alicyclic amines) is 1. The van der Waals surface area contributed by atoms with Gasteiger partial charge in [-0.1, -0.05) is 6.07 Å². The van der Waals surface area contributed by atoms with Gasteiger partial charge in [-0.3, -0.25) is 4.90 Å². The van der Waals surface area contributed by atoms with Gasteiger partial charge in [0.2, 0.25) is 0 Å². The zero-order chi connectivity index (χ0) is 13.0. The molecule has 0 bridgehead atoms. The molecule has 0 aliphatic carbocycles. The summed E-state index contributed by atoms with van der Waals surface area (Å²) in [4.78, 5) is 6.29. The van der Waals surface area contributed by atoms with Crippen molar-refractivity contribution in [2.24, 2.45) is 0 Å². The normalized spacial score (nSPS) is 24.1. The summed E-state index contributed by atoms with van der Waals surface area (Å²) in [6.45, 7) is 2.33. The molecule has 0 radical (unpaired) electrons. The number of methoxy groups -OCH3 is 2. The quantitative estimate of drug-likeness (QED) is 0.787. The van der Waals surface area contributed by atoms with E-state index in [1.165, 1.54) is 0 Å². The van der Waals surface area contributed by atoms with E-state index in [4.69, 9.17) is 14.7 Å². The van der Waals surface area contributed by atoms with Gasteiger partial charge in [0.1, 0.15) is 11.8 Å². The van der Waals surface area contributed by atoms with Crippen LogP contribution in [0.3, 0.4) is 0 Å². The molecule has 0 aromatic carbocycles. The van der Waals surface area contributed by atoms with Crippen LogP contribution in [0.4, 0.5) is 0 Å². The first kappa shape index (κ1) is 13.0. The van der Waals surface area contributed by atoms with Gasteiger partial charge in [-0.25, -0.2) is 4.98 Å². The summed E-state index contributed by atoms with van der Waals surface area (Å²) in [5, 5.41) is 9.01. The summed E-state index contributed by atoms with van der Waals surface area (Å²) in [5.41, 5.74) is 1.44. The number of hydrogen-bond acceptors (Lipinski definition) is 5. The molecule has 1 aromatic heterocycles. The molecule has 1 fully saturated rings. The van der Waals surface area contributed by atoms with Crippen LogP contribution in [-0.2, 0) is 16.0 Å². The van der Waals surface area contributed by atoms with Crippen LogP contribution in [0, 0.1) is 11.3 Å². The van der Waals surface area contributed by atoms with Gasteiger partial charge in [-0.2, -0.15) is 5.26 Å². The molecule has 0 spiro atoms. The number of ether oxygens (including phenoxy) is 2. The number of pyridine rings is 1. The van der Waals surface area contributed by atoms with E-state index in [0.29, 0.717) is 12.2 Å². The fraction of sp³-hybridized carbons (Fsp3) is 0.538. The maximum Gasteiger partial charge on any atom is 0.144 e. The Balaban J connectivity index is 2.05. The lowest BCUT2D eigenvalue weighted by atomic mass is 10.2. The van der Waals surface area contributed by atoms with Gasteiger partial charge < -0.3 is 9.47 Å². The molecule has 96 valence electrons. The Kier molecular flexibility index (Phi) is 4.26. The third-order valence-electron chi connectivity index (χ3n) is 3.29. The average Bonchev–Trinajstić information content (AvgIpc) is 2.81. The first-order valence-electron chi connectivity index (χ1n) is 5.90. The highest BCUT2D eigenvalue weighted by molar-refractivity contribution is 5.30. The Bertz CT molecular complexity index is 432. The first-order chi connectivity index (χ1) is 8.78. The largest absolute Gasteiger partial charge is 0.377 e. The molecule has 0 amide bonds.